The SMILES string of the molecule is Cc1cc(-c2cccc(Cl)c2[N+](=O)[O-])c(C(=O)O)[nH]1. The van der Waals surface area contributed by atoms with Crippen molar-refractivity contribution in [3.63, 3.8) is 0 Å². The molecule has 6 nitrogen and oxygen atoms in total. The monoisotopic (exact) mass is 280 g/mol. The summed E-state index contributed by atoms with van der Waals surface area (Å²) in [4.78, 5) is 24.3. The molecule has 2 rings (SSSR count). The number of aryl methyl sites for hydroxylation is 1. The van der Waals surface area contributed by atoms with E-state index in [4.69, 9.17) is 16.7 Å². The number of para-hydroxylation sites is 1. The molecule has 2 aromatic rings. The summed E-state index contributed by atoms with van der Waals surface area (Å²) in [6, 6.07) is 5.95. The number of carbonyl (C=O) groups is 1. The Bertz CT molecular complexity index is 678. The number of carboxylic acids is 1. The molecule has 0 radical (unpaired) electrons. The number of hydrogen-bond donors (Lipinski definition) is 2. The van der Waals surface area contributed by atoms with Gasteiger partial charge < -0.3 is 10.1 Å². The molecule has 2 N–H and O–H groups in total. The van der Waals surface area contributed by atoms with E-state index in [1.54, 1.807) is 19.1 Å². The molecule has 0 aliphatic heterocycles. The van der Waals surface area contributed by atoms with E-state index in [-0.39, 0.29) is 27.5 Å². The quantitative estimate of drug-likeness (QED) is 0.666. The third kappa shape index (κ3) is 2.30. The largest absolute Gasteiger partial charge is 0.477 e. The molecule has 0 saturated carbocycles. The number of carboxylic acid groups (broad SMARTS) is 1. The predicted octanol–water partition coefficient (Wildman–Crippen LogP) is 3.25. The van der Waals surface area contributed by atoms with Crippen molar-refractivity contribution in [1.82, 2.24) is 4.98 Å². The number of aromatic carboxylic acids is 1. The fourth-order valence-electron chi connectivity index (χ4n) is 1.89. The second-order valence-corrected chi connectivity index (χ2v) is 4.35. The van der Waals surface area contributed by atoms with Crippen LogP contribution < -0.4 is 0 Å². The normalized spacial score (nSPS) is 10.4. The topological polar surface area (TPSA) is 96.2 Å². The summed E-state index contributed by atoms with van der Waals surface area (Å²) in [6.45, 7) is 1.67. The van der Waals surface area contributed by atoms with E-state index in [9.17, 15) is 14.9 Å². The standard InChI is InChI=1S/C12H9ClN2O4/c1-6-5-8(10(14-6)12(16)17)7-3-2-4-9(13)11(7)15(18)19/h2-5,14H,1H3,(H,16,17). The van der Waals surface area contributed by atoms with Crippen LogP contribution in [0.25, 0.3) is 11.1 Å². The highest BCUT2D eigenvalue weighted by atomic mass is 35.5. The summed E-state index contributed by atoms with van der Waals surface area (Å²) >= 11 is 5.81. The minimum atomic E-state index is -1.18. The number of nitro groups is 1. The average molecular weight is 281 g/mol. The highest BCUT2D eigenvalue weighted by Gasteiger charge is 2.24. The third-order valence-corrected chi connectivity index (χ3v) is 2.93. The molecule has 0 fully saturated rings. The number of benzene rings is 1. The zero-order valence-electron chi connectivity index (χ0n) is 9.81. The van der Waals surface area contributed by atoms with E-state index in [0.29, 0.717) is 5.69 Å². The van der Waals surface area contributed by atoms with Crippen molar-refractivity contribution in [2.45, 2.75) is 6.92 Å². The number of aromatic amines is 1. The predicted molar refractivity (Wildman–Crippen MR) is 69.6 cm³/mol. The van der Waals surface area contributed by atoms with Gasteiger partial charge in [-0.25, -0.2) is 4.79 Å². The smallest absolute Gasteiger partial charge is 0.352 e. The summed E-state index contributed by atoms with van der Waals surface area (Å²) < 4.78 is 0. The van der Waals surface area contributed by atoms with Crippen molar-refractivity contribution in [3.05, 3.63) is 50.8 Å². The van der Waals surface area contributed by atoms with Gasteiger partial charge in [0.2, 0.25) is 0 Å². The van der Waals surface area contributed by atoms with Gasteiger partial charge in [0.05, 0.1) is 10.5 Å². The minimum Gasteiger partial charge on any atom is -0.477 e. The second kappa shape index (κ2) is 4.74. The summed E-state index contributed by atoms with van der Waals surface area (Å²) in [5.41, 5.74) is 0.633. The number of nitrogens with zero attached hydrogens (tertiary/aromatic N) is 1. The van der Waals surface area contributed by atoms with E-state index in [1.807, 2.05) is 0 Å². The lowest BCUT2D eigenvalue weighted by Gasteiger charge is -2.03. The van der Waals surface area contributed by atoms with Gasteiger partial charge in [0.25, 0.3) is 5.69 Å². The number of H-pyrrole nitrogens is 1. The van der Waals surface area contributed by atoms with Crippen molar-refractivity contribution in [2.75, 3.05) is 0 Å². The fourth-order valence-corrected chi connectivity index (χ4v) is 2.13. The van der Waals surface area contributed by atoms with Gasteiger partial charge >= 0.3 is 5.97 Å². The van der Waals surface area contributed by atoms with E-state index in [1.165, 1.54) is 12.1 Å². The molecule has 0 atom stereocenters. The lowest BCUT2D eigenvalue weighted by Crippen LogP contribution is -2.00. The number of rotatable bonds is 3. The first-order valence-corrected chi connectivity index (χ1v) is 5.65. The van der Waals surface area contributed by atoms with Crippen LogP contribution in [0.3, 0.4) is 0 Å². The summed E-state index contributed by atoms with van der Waals surface area (Å²) in [6.07, 6.45) is 0. The van der Waals surface area contributed by atoms with Crippen LogP contribution in [0.2, 0.25) is 5.02 Å². The Labute approximate surface area is 112 Å². The molecule has 0 amide bonds. The maximum Gasteiger partial charge on any atom is 0.352 e. The van der Waals surface area contributed by atoms with Gasteiger partial charge in [-0.2, -0.15) is 0 Å². The molecule has 7 heteroatoms. The zero-order chi connectivity index (χ0) is 14.2. The molecule has 0 aliphatic rings. The molecule has 1 aromatic carbocycles. The van der Waals surface area contributed by atoms with Crippen LogP contribution in [0.5, 0.6) is 0 Å². The van der Waals surface area contributed by atoms with Gasteiger partial charge in [-0.1, -0.05) is 17.7 Å². The van der Waals surface area contributed by atoms with Gasteiger partial charge in [-0.15, -0.1) is 0 Å². The van der Waals surface area contributed by atoms with E-state index in [0.717, 1.165) is 0 Å². The van der Waals surface area contributed by atoms with Crippen molar-refractivity contribution in [2.24, 2.45) is 0 Å². The molecular weight excluding hydrogens is 272 g/mol. The number of halogens is 1. The molecule has 0 bridgehead atoms. The molecule has 0 spiro atoms. The van der Waals surface area contributed by atoms with Crippen LogP contribution in [-0.2, 0) is 0 Å². The summed E-state index contributed by atoms with van der Waals surface area (Å²) in [7, 11) is 0. The van der Waals surface area contributed by atoms with E-state index in [2.05, 4.69) is 4.98 Å². The van der Waals surface area contributed by atoms with Crippen LogP contribution in [0.4, 0.5) is 5.69 Å². The Morgan fingerprint density at radius 3 is 2.68 bits per heavy atom. The van der Waals surface area contributed by atoms with Crippen LogP contribution in [-0.4, -0.2) is 21.0 Å². The first kappa shape index (κ1) is 13.1. The first-order chi connectivity index (χ1) is 8.91. The van der Waals surface area contributed by atoms with Crippen LogP contribution in [0.15, 0.2) is 24.3 Å². The van der Waals surface area contributed by atoms with Gasteiger partial charge in [-0.05, 0) is 25.1 Å². The molecule has 19 heavy (non-hydrogen) atoms. The Hall–Kier alpha value is -2.34. The minimum absolute atomic E-state index is 0.0299. The maximum absolute atomic E-state index is 11.1. The lowest BCUT2D eigenvalue weighted by atomic mass is 10.0. The Morgan fingerprint density at radius 2 is 2.11 bits per heavy atom. The second-order valence-electron chi connectivity index (χ2n) is 3.94. The van der Waals surface area contributed by atoms with Crippen molar-refractivity contribution < 1.29 is 14.8 Å². The van der Waals surface area contributed by atoms with Crippen molar-refractivity contribution in [1.29, 1.82) is 0 Å². The van der Waals surface area contributed by atoms with Gasteiger partial charge in [0, 0.05) is 11.3 Å². The molecular formula is C12H9ClN2O4. The first-order valence-electron chi connectivity index (χ1n) is 5.28. The lowest BCUT2D eigenvalue weighted by molar-refractivity contribution is -0.384. The summed E-state index contributed by atoms with van der Waals surface area (Å²) in [5.74, 6) is -1.18. The third-order valence-electron chi connectivity index (χ3n) is 2.63. The summed E-state index contributed by atoms with van der Waals surface area (Å²) in [5, 5.41) is 20.1. The Morgan fingerprint density at radius 1 is 1.42 bits per heavy atom. The van der Waals surface area contributed by atoms with Gasteiger partial charge in [0.15, 0.2) is 0 Å². The number of nitrogens with one attached hydrogen (secondary N) is 1. The zero-order valence-corrected chi connectivity index (χ0v) is 10.6. The maximum atomic E-state index is 11.1. The number of nitro benzene ring substituents is 1. The van der Waals surface area contributed by atoms with Gasteiger partial charge in [-0.3, -0.25) is 10.1 Å². The average Bonchev–Trinajstić information content (AvgIpc) is 2.70. The number of hydrogen-bond acceptors (Lipinski definition) is 3. The molecule has 0 saturated heterocycles. The van der Waals surface area contributed by atoms with Crippen molar-refractivity contribution in [3.8, 4) is 11.1 Å². The highest BCUT2D eigenvalue weighted by molar-refractivity contribution is 6.33. The molecule has 0 unspecified atom stereocenters. The van der Waals surface area contributed by atoms with Crippen LogP contribution >= 0.6 is 11.6 Å². The highest BCUT2D eigenvalue weighted by Crippen LogP contribution is 2.37. The van der Waals surface area contributed by atoms with E-state index < -0.39 is 10.9 Å². The Balaban J connectivity index is 2.76. The molecule has 98 valence electrons. The fraction of sp³-hybridized carbons (Fsp3) is 0.0833. The van der Waals surface area contributed by atoms with E-state index >= 15 is 0 Å². The van der Waals surface area contributed by atoms with Gasteiger partial charge in [0.1, 0.15) is 10.7 Å². The molecule has 1 aromatic heterocycles. The van der Waals surface area contributed by atoms with Crippen LogP contribution in [0.1, 0.15) is 16.2 Å². The van der Waals surface area contributed by atoms with Crippen molar-refractivity contribution >= 4 is 23.3 Å². The van der Waals surface area contributed by atoms with Crippen LogP contribution in [0, 0.1) is 17.0 Å². The molecule has 0 aliphatic carbocycles. The number of aromatic nitrogens is 1. The Kier molecular flexibility index (Phi) is 3.26. The molecule has 1 heterocycles.